The van der Waals surface area contributed by atoms with Crippen molar-refractivity contribution in [3.63, 3.8) is 0 Å². The smallest absolute Gasteiger partial charge is 0.176 e. The molecule has 152 valence electrons. The molecule has 0 heterocycles. The largest absolute Gasteiger partial charge is 0.490 e. The summed E-state index contributed by atoms with van der Waals surface area (Å²) in [5, 5.41) is 0. The Balaban J connectivity index is 1.85. The summed E-state index contributed by atoms with van der Waals surface area (Å²) in [7, 11) is 0. The van der Waals surface area contributed by atoms with Gasteiger partial charge in [-0.1, -0.05) is 82.2 Å². The van der Waals surface area contributed by atoms with E-state index in [0.717, 1.165) is 18.3 Å². The third kappa shape index (κ3) is 7.67. The summed E-state index contributed by atoms with van der Waals surface area (Å²) >= 11 is 3.49. The molecular formula is C24H31BrO3. The summed E-state index contributed by atoms with van der Waals surface area (Å²) in [5.74, 6) is 1.27. The van der Waals surface area contributed by atoms with Crippen molar-refractivity contribution < 1.29 is 14.3 Å². The average Bonchev–Trinajstić information content (AvgIpc) is 2.73. The lowest BCUT2D eigenvalue weighted by atomic mass is 10.1. The van der Waals surface area contributed by atoms with E-state index in [1.54, 1.807) is 6.07 Å². The topological polar surface area (TPSA) is 35.5 Å². The first-order valence-corrected chi connectivity index (χ1v) is 11.1. The van der Waals surface area contributed by atoms with Gasteiger partial charge >= 0.3 is 0 Å². The van der Waals surface area contributed by atoms with Gasteiger partial charge in [0, 0.05) is 5.56 Å². The van der Waals surface area contributed by atoms with Gasteiger partial charge in [0.1, 0.15) is 6.61 Å². The second-order valence-corrected chi connectivity index (χ2v) is 7.80. The van der Waals surface area contributed by atoms with Crippen molar-refractivity contribution >= 4 is 22.2 Å². The van der Waals surface area contributed by atoms with Crippen LogP contribution in [0.4, 0.5) is 0 Å². The van der Waals surface area contributed by atoms with Crippen molar-refractivity contribution in [2.45, 2.75) is 64.9 Å². The quantitative estimate of drug-likeness (QED) is 0.224. The fourth-order valence-corrected chi connectivity index (χ4v) is 3.58. The molecule has 2 aromatic rings. The lowest BCUT2D eigenvalue weighted by Crippen LogP contribution is -2.03. The van der Waals surface area contributed by atoms with Crippen LogP contribution in [0.15, 0.2) is 46.9 Å². The third-order valence-electron chi connectivity index (χ3n) is 4.70. The second kappa shape index (κ2) is 13.4. The molecule has 0 saturated heterocycles. The van der Waals surface area contributed by atoms with Crippen LogP contribution < -0.4 is 9.47 Å². The number of hydrogen-bond acceptors (Lipinski definition) is 3. The molecule has 0 saturated carbocycles. The molecule has 28 heavy (non-hydrogen) atoms. The minimum absolute atomic E-state index is 0.426. The van der Waals surface area contributed by atoms with Gasteiger partial charge in [0.05, 0.1) is 11.1 Å². The number of hydrogen-bond donors (Lipinski definition) is 0. The Kier molecular flexibility index (Phi) is 10.7. The first kappa shape index (κ1) is 22.5. The zero-order valence-corrected chi connectivity index (χ0v) is 18.4. The van der Waals surface area contributed by atoms with Crippen LogP contribution >= 0.6 is 15.9 Å². The molecular weight excluding hydrogens is 416 g/mol. The lowest BCUT2D eigenvalue weighted by Gasteiger charge is -2.15. The summed E-state index contributed by atoms with van der Waals surface area (Å²) in [6, 6.07) is 13.5. The molecule has 0 bridgehead atoms. The summed E-state index contributed by atoms with van der Waals surface area (Å²) in [4.78, 5) is 11.3. The normalized spacial score (nSPS) is 10.6. The average molecular weight is 447 g/mol. The number of benzene rings is 2. The standard InChI is InChI=1S/C24H31BrO3/c1-2-3-4-5-6-7-8-12-17-27-22-16-15-21(18-26)23(25)24(22)28-19-20-13-10-9-11-14-20/h9-11,13-16,18H,2-8,12,17,19H2,1H3. The summed E-state index contributed by atoms with van der Waals surface area (Å²) in [6.45, 7) is 3.33. The molecule has 0 amide bonds. The molecule has 0 aromatic heterocycles. The van der Waals surface area contributed by atoms with Crippen LogP contribution in [0.3, 0.4) is 0 Å². The minimum Gasteiger partial charge on any atom is -0.490 e. The van der Waals surface area contributed by atoms with Crippen molar-refractivity contribution in [3.05, 3.63) is 58.1 Å². The van der Waals surface area contributed by atoms with Gasteiger partial charge in [0.15, 0.2) is 17.8 Å². The number of ether oxygens (including phenoxy) is 2. The molecule has 0 aliphatic heterocycles. The van der Waals surface area contributed by atoms with Crippen molar-refractivity contribution in [1.29, 1.82) is 0 Å². The Morgan fingerprint density at radius 1 is 0.857 bits per heavy atom. The van der Waals surface area contributed by atoms with E-state index in [2.05, 4.69) is 22.9 Å². The van der Waals surface area contributed by atoms with Gasteiger partial charge in [-0.05, 0) is 40.0 Å². The molecule has 4 heteroatoms. The van der Waals surface area contributed by atoms with Crippen molar-refractivity contribution in [3.8, 4) is 11.5 Å². The van der Waals surface area contributed by atoms with Crippen molar-refractivity contribution in [1.82, 2.24) is 0 Å². The molecule has 2 aromatic carbocycles. The zero-order chi connectivity index (χ0) is 20.0. The Hall–Kier alpha value is -1.81. The van der Waals surface area contributed by atoms with Gasteiger partial charge in [-0.25, -0.2) is 0 Å². The second-order valence-electron chi connectivity index (χ2n) is 7.01. The zero-order valence-electron chi connectivity index (χ0n) is 16.8. The fraction of sp³-hybridized carbons (Fsp3) is 0.458. The monoisotopic (exact) mass is 446 g/mol. The van der Waals surface area contributed by atoms with Crippen LogP contribution in [-0.4, -0.2) is 12.9 Å². The molecule has 3 nitrogen and oxygen atoms in total. The number of rotatable bonds is 14. The minimum atomic E-state index is 0.426. The lowest BCUT2D eigenvalue weighted by molar-refractivity contribution is 0.112. The van der Waals surface area contributed by atoms with Crippen LogP contribution in [0.1, 0.15) is 74.2 Å². The highest BCUT2D eigenvalue weighted by Gasteiger charge is 2.14. The molecule has 0 radical (unpaired) electrons. The molecule has 0 aliphatic rings. The molecule has 0 aliphatic carbocycles. The third-order valence-corrected chi connectivity index (χ3v) is 5.52. The molecule has 0 spiro atoms. The SMILES string of the molecule is CCCCCCCCCCOc1ccc(C=O)c(Br)c1OCc1ccccc1. The summed E-state index contributed by atoms with van der Waals surface area (Å²) in [5.41, 5.74) is 1.63. The number of halogens is 1. The number of carbonyl (C=O) groups excluding carboxylic acids is 1. The van der Waals surface area contributed by atoms with E-state index in [-0.39, 0.29) is 0 Å². The van der Waals surface area contributed by atoms with Gasteiger partial charge in [0.25, 0.3) is 0 Å². The Morgan fingerprint density at radius 3 is 2.21 bits per heavy atom. The molecule has 2 rings (SSSR count). The molecule has 0 fully saturated rings. The van der Waals surface area contributed by atoms with E-state index in [0.29, 0.717) is 34.7 Å². The van der Waals surface area contributed by atoms with E-state index in [1.807, 2.05) is 36.4 Å². The van der Waals surface area contributed by atoms with E-state index in [4.69, 9.17) is 9.47 Å². The van der Waals surface area contributed by atoms with E-state index in [9.17, 15) is 4.79 Å². The van der Waals surface area contributed by atoms with Crippen molar-refractivity contribution in [2.75, 3.05) is 6.61 Å². The number of aldehydes is 1. The van der Waals surface area contributed by atoms with Crippen molar-refractivity contribution in [2.24, 2.45) is 0 Å². The first-order valence-electron chi connectivity index (χ1n) is 10.3. The number of carbonyl (C=O) groups is 1. The van der Waals surface area contributed by atoms with E-state index in [1.165, 1.54) is 44.9 Å². The van der Waals surface area contributed by atoms with Gasteiger partial charge in [0.2, 0.25) is 0 Å². The first-order chi connectivity index (χ1) is 13.8. The number of unbranched alkanes of at least 4 members (excludes halogenated alkanes) is 7. The van der Waals surface area contributed by atoms with Crippen LogP contribution in [0, 0.1) is 0 Å². The highest BCUT2D eigenvalue weighted by atomic mass is 79.9. The van der Waals surface area contributed by atoms with Gasteiger partial charge < -0.3 is 9.47 Å². The molecule has 0 N–H and O–H groups in total. The Labute approximate surface area is 177 Å². The molecule has 0 atom stereocenters. The van der Waals surface area contributed by atoms with Crippen LogP contribution in [-0.2, 0) is 6.61 Å². The van der Waals surface area contributed by atoms with Crippen LogP contribution in [0.25, 0.3) is 0 Å². The summed E-state index contributed by atoms with van der Waals surface area (Å²) in [6.07, 6.45) is 10.9. The predicted molar refractivity (Wildman–Crippen MR) is 118 cm³/mol. The highest BCUT2D eigenvalue weighted by Crippen LogP contribution is 2.38. The Bertz CT molecular complexity index is 700. The highest BCUT2D eigenvalue weighted by molar-refractivity contribution is 9.10. The van der Waals surface area contributed by atoms with E-state index < -0.39 is 0 Å². The van der Waals surface area contributed by atoms with Crippen LogP contribution in [0.2, 0.25) is 0 Å². The van der Waals surface area contributed by atoms with Gasteiger partial charge in [-0.3, -0.25) is 4.79 Å². The Morgan fingerprint density at radius 2 is 1.54 bits per heavy atom. The maximum atomic E-state index is 11.3. The summed E-state index contributed by atoms with van der Waals surface area (Å²) < 4.78 is 12.6. The fourth-order valence-electron chi connectivity index (χ4n) is 3.04. The maximum absolute atomic E-state index is 11.3. The van der Waals surface area contributed by atoms with Gasteiger partial charge in [-0.2, -0.15) is 0 Å². The maximum Gasteiger partial charge on any atom is 0.176 e. The molecule has 0 unspecified atom stereocenters. The van der Waals surface area contributed by atoms with Crippen LogP contribution in [0.5, 0.6) is 11.5 Å². The van der Waals surface area contributed by atoms with E-state index >= 15 is 0 Å². The predicted octanol–water partition coefficient (Wildman–Crippen LogP) is 7.36. The van der Waals surface area contributed by atoms with Gasteiger partial charge in [-0.15, -0.1) is 0 Å².